The molecule has 0 radical (unpaired) electrons. The quantitative estimate of drug-likeness (QED) is 0.534. The lowest BCUT2D eigenvalue weighted by Crippen LogP contribution is -2.26. The van der Waals surface area contributed by atoms with E-state index in [9.17, 15) is 14.0 Å². The smallest absolute Gasteiger partial charge is 0.262 e. The molecule has 0 spiro atoms. The summed E-state index contributed by atoms with van der Waals surface area (Å²) in [5, 5.41) is 3.45. The molecule has 0 bridgehead atoms. The van der Waals surface area contributed by atoms with Crippen LogP contribution in [-0.4, -0.2) is 20.7 Å². The Morgan fingerprint density at radius 3 is 2.63 bits per heavy atom. The fourth-order valence-electron chi connectivity index (χ4n) is 2.85. The number of halogens is 1. The lowest BCUT2D eigenvalue weighted by molar-refractivity contribution is -0.115. The highest BCUT2D eigenvalue weighted by atomic mass is 32.2. The number of rotatable bonds is 5. The molecule has 7 heteroatoms. The molecule has 3 aromatic rings. The van der Waals surface area contributed by atoms with Gasteiger partial charge in [-0.15, -0.1) is 0 Å². The van der Waals surface area contributed by atoms with Crippen LogP contribution in [0, 0.1) is 5.82 Å². The molecular weight excluding hydrogens is 365 g/mol. The molecule has 1 aliphatic carbocycles. The van der Waals surface area contributed by atoms with Gasteiger partial charge in [-0.2, -0.15) is 0 Å². The third-order valence-corrected chi connectivity index (χ3v) is 5.52. The largest absolute Gasteiger partial charge is 0.325 e. The summed E-state index contributed by atoms with van der Waals surface area (Å²) in [4.78, 5) is 30.0. The summed E-state index contributed by atoms with van der Waals surface area (Å²) in [6.07, 6.45) is 1.90. The molecule has 27 heavy (non-hydrogen) atoms. The van der Waals surface area contributed by atoms with Gasteiger partial charge in [0, 0.05) is 11.7 Å². The maximum atomic E-state index is 13.0. The Balaban J connectivity index is 1.60. The number of anilines is 1. The fraction of sp³-hybridized carbons (Fsp3) is 0.250. The first-order valence-corrected chi connectivity index (χ1v) is 9.65. The zero-order valence-corrected chi connectivity index (χ0v) is 15.5. The lowest BCUT2D eigenvalue weighted by atomic mass is 10.2. The molecule has 5 nitrogen and oxygen atoms in total. The van der Waals surface area contributed by atoms with Crippen LogP contribution in [-0.2, 0) is 4.79 Å². The van der Waals surface area contributed by atoms with Crippen molar-refractivity contribution in [1.29, 1.82) is 0 Å². The highest BCUT2D eigenvalue weighted by Gasteiger charge is 2.30. The second-order valence-corrected chi connectivity index (χ2v) is 7.88. The summed E-state index contributed by atoms with van der Waals surface area (Å²) in [7, 11) is 0. The number of carbonyl (C=O) groups excluding carboxylic acids is 1. The number of nitrogens with zero attached hydrogens (tertiary/aromatic N) is 2. The predicted octanol–water partition coefficient (Wildman–Crippen LogP) is 3.99. The summed E-state index contributed by atoms with van der Waals surface area (Å²) in [6.45, 7) is 1.77. The zero-order valence-electron chi connectivity index (χ0n) is 14.7. The number of aromatic nitrogens is 2. The molecule has 1 amide bonds. The van der Waals surface area contributed by atoms with E-state index in [-0.39, 0.29) is 23.3 Å². The van der Waals surface area contributed by atoms with E-state index in [1.807, 2.05) is 12.1 Å². The van der Waals surface area contributed by atoms with Crippen molar-refractivity contribution in [3.8, 4) is 0 Å². The Labute approximate surface area is 159 Å². The van der Waals surface area contributed by atoms with Crippen molar-refractivity contribution in [3.05, 3.63) is 64.7 Å². The monoisotopic (exact) mass is 383 g/mol. The van der Waals surface area contributed by atoms with Crippen molar-refractivity contribution in [2.75, 3.05) is 5.32 Å². The number of benzene rings is 2. The summed E-state index contributed by atoms with van der Waals surface area (Å²) in [5.41, 5.74) is 1.10. The molecule has 1 aliphatic rings. The molecule has 0 saturated heterocycles. The van der Waals surface area contributed by atoms with E-state index in [1.165, 1.54) is 36.0 Å². The van der Waals surface area contributed by atoms with Gasteiger partial charge in [0.1, 0.15) is 5.82 Å². The van der Waals surface area contributed by atoms with Crippen LogP contribution in [0.2, 0.25) is 0 Å². The van der Waals surface area contributed by atoms with Gasteiger partial charge < -0.3 is 5.32 Å². The van der Waals surface area contributed by atoms with Gasteiger partial charge in [0.15, 0.2) is 5.16 Å². The molecule has 1 atom stereocenters. The van der Waals surface area contributed by atoms with E-state index in [0.29, 0.717) is 21.7 Å². The van der Waals surface area contributed by atoms with Gasteiger partial charge >= 0.3 is 0 Å². The van der Waals surface area contributed by atoms with Gasteiger partial charge in [0.2, 0.25) is 5.91 Å². The van der Waals surface area contributed by atoms with Crippen molar-refractivity contribution in [2.45, 2.75) is 36.2 Å². The number of para-hydroxylation sites is 1. The molecule has 1 N–H and O–H groups in total. The molecule has 4 rings (SSSR count). The van der Waals surface area contributed by atoms with E-state index in [0.717, 1.165) is 12.8 Å². The van der Waals surface area contributed by atoms with Gasteiger partial charge in [0.25, 0.3) is 5.56 Å². The SMILES string of the molecule is C[C@H](Sc1nc2ccccc2c(=O)n1C1CC1)C(=O)Nc1ccc(F)cc1. The van der Waals surface area contributed by atoms with E-state index in [4.69, 9.17) is 0 Å². The topological polar surface area (TPSA) is 64.0 Å². The summed E-state index contributed by atoms with van der Waals surface area (Å²) >= 11 is 1.26. The van der Waals surface area contributed by atoms with Gasteiger partial charge in [-0.3, -0.25) is 14.2 Å². The molecule has 0 unspecified atom stereocenters. The van der Waals surface area contributed by atoms with Gasteiger partial charge in [-0.25, -0.2) is 9.37 Å². The number of nitrogens with one attached hydrogen (secondary N) is 1. The number of fused-ring (bicyclic) bond motifs is 1. The standard InChI is InChI=1S/C20H18FN3O2S/c1-12(18(25)22-14-8-6-13(21)7-9-14)27-20-23-17-5-3-2-4-16(17)19(26)24(20)15-10-11-15/h2-9,12,15H,10-11H2,1H3,(H,22,25)/t12-/m0/s1. The Hall–Kier alpha value is -2.67. The van der Waals surface area contributed by atoms with Crippen LogP contribution >= 0.6 is 11.8 Å². The second kappa shape index (κ2) is 7.15. The average molecular weight is 383 g/mol. The third-order valence-electron chi connectivity index (χ3n) is 4.45. The minimum atomic E-state index is -0.465. The second-order valence-electron chi connectivity index (χ2n) is 6.57. The first kappa shape index (κ1) is 17.7. The summed E-state index contributed by atoms with van der Waals surface area (Å²) < 4.78 is 14.7. The zero-order chi connectivity index (χ0) is 19.0. The number of hydrogen-bond donors (Lipinski definition) is 1. The van der Waals surface area contributed by atoms with Crippen LogP contribution in [0.4, 0.5) is 10.1 Å². The van der Waals surface area contributed by atoms with Crippen molar-refractivity contribution in [1.82, 2.24) is 9.55 Å². The molecule has 138 valence electrons. The highest BCUT2D eigenvalue weighted by molar-refractivity contribution is 8.00. The molecule has 1 aromatic heterocycles. The lowest BCUT2D eigenvalue weighted by Gasteiger charge is -2.16. The first-order chi connectivity index (χ1) is 13.0. The molecule has 1 fully saturated rings. The number of amides is 1. The maximum absolute atomic E-state index is 13.0. The average Bonchev–Trinajstić information content (AvgIpc) is 3.48. The molecule has 1 saturated carbocycles. The number of hydrogen-bond acceptors (Lipinski definition) is 4. The Kier molecular flexibility index (Phi) is 4.70. The summed E-state index contributed by atoms with van der Waals surface area (Å²) in [6, 6.07) is 13.0. The Morgan fingerprint density at radius 2 is 1.93 bits per heavy atom. The van der Waals surface area contributed by atoms with E-state index in [1.54, 1.807) is 23.6 Å². The Bertz CT molecular complexity index is 1060. The molecule has 2 aromatic carbocycles. The fourth-order valence-corrected chi connectivity index (χ4v) is 3.83. The van der Waals surface area contributed by atoms with Crippen LogP contribution < -0.4 is 10.9 Å². The van der Waals surface area contributed by atoms with Gasteiger partial charge in [-0.05, 0) is 56.2 Å². The molecular formula is C20H18FN3O2S. The van der Waals surface area contributed by atoms with Crippen LogP contribution in [0.5, 0.6) is 0 Å². The number of thioether (sulfide) groups is 1. The maximum Gasteiger partial charge on any atom is 0.262 e. The summed E-state index contributed by atoms with van der Waals surface area (Å²) in [5.74, 6) is -0.583. The van der Waals surface area contributed by atoms with Crippen LogP contribution in [0.3, 0.4) is 0 Å². The minimum absolute atomic E-state index is 0.0586. The molecule has 0 aliphatic heterocycles. The first-order valence-electron chi connectivity index (χ1n) is 8.77. The number of carbonyl (C=O) groups is 1. The van der Waals surface area contributed by atoms with Crippen LogP contribution in [0.1, 0.15) is 25.8 Å². The predicted molar refractivity (Wildman–Crippen MR) is 105 cm³/mol. The van der Waals surface area contributed by atoms with Gasteiger partial charge in [0.05, 0.1) is 16.2 Å². The van der Waals surface area contributed by atoms with E-state index in [2.05, 4.69) is 10.3 Å². The Morgan fingerprint density at radius 1 is 1.22 bits per heavy atom. The molecule has 1 heterocycles. The van der Waals surface area contributed by atoms with Crippen LogP contribution in [0.25, 0.3) is 10.9 Å². The van der Waals surface area contributed by atoms with E-state index >= 15 is 0 Å². The van der Waals surface area contributed by atoms with Crippen molar-refractivity contribution >= 4 is 34.3 Å². The van der Waals surface area contributed by atoms with E-state index < -0.39 is 5.25 Å². The normalized spacial score (nSPS) is 14.9. The van der Waals surface area contributed by atoms with Crippen LogP contribution in [0.15, 0.2) is 58.5 Å². The van der Waals surface area contributed by atoms with Crippen molar-refractivity contribution < 1.29 is 9.18 Å². The van der Waals surface area contributed by atoms with Crippen molar-refractivity contribution in [3.63, 3.8) is 0 Å². The third kappa shape index (κ3) is 3.73. The van der Waals surface area contributed by atoms with Crippen molar-refractivity contribution in [2.24, 2.45) is 0 Å². The highest BCUT2D eigenvalue weighted by Crippen LogP contribution is 2.37. The van der Waals surface area contributed by atoms with Gasteiger partial charge in [-0.1, -0.05) is 23.9 Å². The minimum Gasteiger partial charge on any atom is -0.325 e.